The Morgan fingerprint density at radius 1 is 1.16 bits per heavy atom. The minimum absolute atomic E-state index is 0.00811. The minimum Gasteiger partial charge on any atom is -0.496 e. The first-order valence-corrected chi connectivity index (χ1v) is 10.2. The number of nitrogens with one attached hydrogen (secondary N) is 1. The molecule has 1 amide bonds. The molecular weight excluding hydrogens is 394 g/mol. The fraction of sp³-hybridized carbons (Fsp3) is 0.261. The number of benzene rings is 2. The zero-order chi connectivity index (χ0) is 21.4. The average Bonchev–Trinajstić information content (AvgIpc) is 3.44. The lowest BCUT2D eigenvalue weighted by Crippen LogP contribution is -2.47. The molecule has 2 atom stereocenters. The summed E-state index contributed by atoms with van der Waals surface area (Å²) in [4.78, 5) is 19.2. The summed E-state index contributed by atoms with van der Waals surface area (Å²) in [6.07, 6.45) is 4.25. The number of nitrogens with zero attached hydrogens (tertiary/aromatic N) is 4. The van der Waals surface area contributed by atoms with Crippen molar-refractivity contribution in [3.63, 3.8) is 0 Å². The molecule has 3 heterocycles. The number of hydrazine groups is 1. The number of hydrogen-bond acceptors (Lipinski definition) is 7. The van der Waals surface area contributed by atoms with Crippen LogP contribution in [0.2, 0.25) is 0 Å². The van der Waals surface area contributed by atoms with Crippen LogP contribution in [0.5, 0.6) is 5.75 Å². The van der Waals surface area contributed by atoms with Gasteiger partial charge in [0.05, 0.1) is 13.2 Å². The maximum atomic E-state index is 13.1. The van der Waals surface area contributed by atoms with Gasteiger partial charge in [-0.25, -0.2) is 5.43 Å². The van der Waals surface area contributed by atoms with E-state index in [0.29, 0.717) is 18.1 Å². The second kappa shape index (κ2) is 7.88. The molecule has 2 aromatic carbocycles. The Labute approximate surface area is 180 Å². The predicted molar refractivity (Wildman–Crippen MR) is 113 cm³/mol. The number of hydrogen-bond donors (Lipinski definition) is 1. The highest BCUT2D eigenvalue weighted by atomic mass is 16.5. The summed E-state index contributed by atoms with van der Waals surface area (Å²) < 4.78 is 10.9. The molecular formula is C23H23N5O3. The molecule has 1 aromatic heterocycles. The van der Waals surface area contributed by atoms with Crippen molar-refractivity contribution in [3.05, 3.63) is 77.9 Å². The third-order valence-corrected chi connectivity index (χ3v) is 5.67. The first-order valence-electron chi connectivity index (χ1n) is 10.2. The largest absolute Gasteiger partial charge is 0.496 e. The lowest BCUT2D eigenvalue weighted by molar-refractivity contribution is -0.135. The number of fused-ring (bicyclic) bond motifs is 1. The van der Waals surface area contributed by atoms with E-state index >= 15 is 0 Å². The zero-order valence-electron chi connectivity index (χ0n) is 17.4. The second-order valence-electron chi connectivity index (χ2n) is 7.72. The lowest BCUT2D eigenvalue weighted by atomic mass is 10.00. The summed E-state index contributed by atoms with van der Waals surface area (Å²) in [5.74, 6) is 1.71. The maximum Gasteiger partial charge on any atom is 0.251 e. The Hall–Kier alpha value is -3.65. The van der Waals surface area contributed by atoms with Gasteiger partial charge in [0.25, 0.3) is 5.91 Å². The molecule has 0 aliphatic carbocycles. The normalized spacial score (nSPS) is 20.3. The number of para-hydroxylation sites is 1. The number of carbonyl (C=O) groups excluding carboxylic acids is 1. The molecule has 158 valence electrons. The van der Waals surface area contributed by atoms with E-state index in [9.17, 15) is 4.79 Å². The second-order valence-corrected chi connectivity index (χ2v) is 7.72. The highest BCUT2D eigenvalue weighted by Crippen LogP contribution is 2.35. The van der Waals surface area contributed by atoms with Crippen LogP contribution in [-0.4, -0.2) is 39.1 Å². The Bertz CT molecular complexity index is 1120. The topological polar surface area (TPSA) is 83.7 Å². The quantitative estimate of drug-likeness (QED) is 0.683. The van der Waals surface area contributed by atoms with Crippen molar-refractivity contribution in [2.45, 2.75) is 32.0 Å². The molecule has 0 spiro atoms. The smallest absolute Gasteiger partial charge is 0.251 e. The van der Waals surface area contributed by atoms with Gasteiger partial charge in [0.2, 0.25) is 11.7 Å². The van der Waals surface area contributed by atoms with E-state index in [-0.39, 0.29) is 24.5 Å². The molecule has 5 rings (SSSR count). The summed E-state index contributed by atoms with van der Waals surface area (Å²) in [6, 6.07) is 15.5. The molecule has 2 aliphatic heterocycles. The molecule has 1 fully saturated rings. The number of carbonyl (C=O) groups is 1. The van der Waals surface area contributed by atoms with Crippen LogP contribution in [0.15, 0.2) is 65.5 Å². The van der Waals surface area contributed by atoms with Crippen LogP contribution in [-0.2, 0) is 11.3 Å². The first-order chi connectivity index (χ1) is 15.1. The van der Waals surface area contributed by atoms with Gasteiger partial charge in [0, 0.05) is 23.5 Å². The van der Waals surface area contributed by atoms with Gasteiger partial charge in [0.1, 0.15) is 18.3 Å². The van der Waals surface area contributed by atoms with Crippen molar-refractivity contribution in [2.24, 2.45) is 0 Å². The SMILES string of the molecule is COc1ccccc1C1CC2C(=O)N(Cc3nc(-c4ccc(C)cc4)no3)C=CN2N1. The van der Waals surface area contributed by atoms with E-state index in [0.717, 1.165) is 22.4 Å². The van der Waals surface area contributed by atoms with Gasteiger partial charge in [-0.2, -0.15) is 4.98 Å². The van der Waals surface area contributed by atoms with Gasteiger partial charge in [-0.15, -0.1) is 0 Å². The van der Waals surface area contributed by atoms with Crippen molar-refractivity contribution in [3.8, 4) is 17.1 Å². The summed E-state index contributed by atoms with van der Waals surface area (Å²) >= 11 is 0. The summed E-state index contributed by atoms with van der Waals surface area (Å²) in [5.41, 5.74) is 6.48. The molecule has 0 saturated carbocycles. The van der Waals surface area contributed by atoms with Crippen molar-refractivity contribution in [1.29, 1.82) is 0 Å². The van der Waals surface area contributed by atoms with E-state index in [4.69, 9.17) is 9.26 Å². The van der Waals surface area contributed by atoms with Crippen molar-refractivity contribution in [2.75, 3.05) is 7.11 Å². The molecule has 8 heteroatoms. The molecule has 2 unspecified atom stereocenters. The minimum atomic E-state index is -0.306. The number of ether oxygens (including phenoxy) is 1. The summed E-state index contributed by atoms with van der Waals surface area (Å²) in [6.45, 7) is 2.26. The van der Waals surface area contributed by atoms with Crippen molar-refractivity contribution < 1.29 is 14.1 Å². The molecule has 0 radical (unpaired) electrons. The molecule has 0 bridgehead atoms. The third-order valence-electron chi connectivity index (χ3n) is 5.67. The first kappa shape index (κ1) is 19.3. The van der Waals surface area contributed by atoms with Gasteiger partial charge >= 0.3 is 0 Å². The van der Waals surface area contributed by atoms with Gasteiger partial charge in [-0.3, -0.25) is 4.79 Å². The summed E-state index contributed by atoms with van der Waals surface area (Å²) in [5, 5.41) is 5.92. The lowest BCUT2D eigenvalue weighted by Gasteiger charge is -2.30. The van der Waals surface area contributed by atoms with Crippen molar-refractivity contribution >= 4 is 5.91 Å². The fourth-order valence-corrected chi connectivity index (χ4v) is 4.01. The number of methoxy groups -OCH3 is 1. The van der Waals surface area contributed by atoms with Crippen LogP contribution >= 0.6 is 0 Å². The Morgan fingerprint density at radius 3 is 2.77 bits per heavy atom. The van der Waals surface area contributed by atoms with Crippen LogP contribution in [0.1, 0.15) is 29.5 Å². The predicted octanol–water partition coefficient (Wildman–Crippen LogP) is 3.19. The standard InChI is InChI=1S/C23H23N5O3/c1-15-7-9-16(10-8-15)22-24-21(31-26-22)14-27-11-12-28-19(23(27)29)13-18(25-28)17-5-3-4-6-20(17)30-2/h3-12,18-19,25H,13-14H2,1-2H3. The van der Waals surface area contributed by atoms with Crippen LogP contribution in [0, 0.1) is 6.92 Å². The van der Waals surface area contributed by atoms with E-state index in [1.807, 2.05) is 66.7 Å². The Kier molecular flexibility index (Phi) is 4.91. The van der Waals surface area contributed by atoms with E-state index in [2.05, 4.69) is 15.6 Å². The number of amides is 1. The van der Waals surface area contributed by atoms with Crippen LogP contribution < -0.4 is 10.2 Å². The van der Waals surface area contributed by atoms with E-state index < -0.39 is 0 Å². The Morgan fingerprint density at radius 2 is 1.97 bits per heavy atom. The van der Waals surface area contributed by atoms with Crippen LogP contribution in [0.4, 0.5) is 0 Å². The molecule has 2 aliphatic rings. The fourth-order valence-electron chi connectivity index (χ4n) is 4.01. The third kappa shape index (κ3) is 3.66. The van der Waals surface area contributed by atoms with Gasteiger partial charge < -0.3 is 19.2 Å². The highest BCUT2D eigenvalue weighted by Gasteiger charge is 2.41. The average molecular weight is 417 g/mol. The number of aromatic nitrogens is 2. The van der Waals surface area contributed by atoms with Crippen LogP contribution in [0.25, 0.3) is 11.4 Å². The van der Waals surface area contributed by atoms with Crippen molar-refractivity contribution in [1.82, 2.24) is 25.5 Å². The monoisotopic (exact) mass is 417 g/mol. The Balaban J connectivity index is 1.29. The van der Waals surface area contributed by atoms with Gasteiger partial charge in [-0.1, -0.05) is 53.2 Å². The molecule has 3 aromatic rings. The maximum absolute atomic E-state index is 13.1. The number of aryl methyl sites for hydroxylation is 1. The van der Waals surface area contributed by atoms with Crippen LogP contribution in [0.3, 0.4) is 0 Å². The van der Waals surface area contributed by atoms with E-state index in [1.54, 1.807) is 18.2 Å². The molecule has 1 saturated heterocycles. The van der Waals surface area contributed by atoms with E-state index in [1.165, 1.54) is 0 Å². The summed E-state index contributed by atoms with van der Waals surface area (Å²) in [7, 11) is 1.66. The van der Waals surface area contributed by atoms with Gasteiger partial charge in [0.15, 0.2) is 0 Å². The zero-order valence-corrected chi connectivity index (χ0v) is 17.4. The molecule has 1 N–H and O–H groups in total. The highest BCUT2D eigenvalue weighted by molar-refractivity contribution is 5.84. The van der Waals surface area contributed by atoms with Gasteiger partial charge in [-0.05, 0) is 19.4 Å². The molecule has 31 heavy (non-hydrogen) atoms. The number of rotatable bonds is 5. The molecule has 8 nitrogen and oxygen atoms in total.